The molecule has 0 atom stereocenters. The van der Waals surface area contributed by atoms with Crippen LogP contribution in [0.15, 0.2) is 5.10 Å². The highest BCUT2D eigenvalue weighted by Gasteiger charge is 1.95. The lowest BCUT2D eigenvalue weighted by Crippen LogP contribution is -2.33. The third-order valence-corrected chi connectivity index (χ3v) is 1.01. The lowest BCUT2D eigenvalue weighted by atomic mass is 10.3. The Balaban J connectivity index is 3.21. The maximum atomic E-state index is 10.00. The van der Waals surface area contributed by atoms with E-state index in [4.69, 9.17) is 16.7 Å². The number of carbonyl (C=O) groups is 1. The maximum Gasteiger partial charge on any atom is 0.303 e. The minimum absolute atomic E-state index is 0.116. The second-order valence-corrected chi connectivity index (χ2v) is 1.94. The Morgan fingerprint density at radius 3 is 2.73 bits per heavy atom. The molecule has 64 valence electrons. The molecule has 0 amide bonds. The summed E-state index contributed by atoms with van der Waals surface area (Å²) in [5, 5.41) is 14.0. The van der Waals surface area contributed by atoms with E-state index in [0.29, 0.717) is 13.0 Å². The topological polar surface area (TPSA) is 114 Å². The zero-order valence-electron chi connectivity index (χ0n) is 6.08. The van der Waals surface area contributed by atoms with Crippen LogP contribution >= 0.6 is 0 Å². The molecule has 0 fully saturated rings. The molecule has 0 saturated heterocycles. The fourth-order valence-electron chi connectivity index (χ4n) is 0.502. The van der Waals surface area contributed by atoms with Gasteiger partial charge in [-0.1, -0.05) is 0 Å². The van der Waals surface area contributed by atoms with Crippen LogP contribution in [-0.2, 0) is 4.79 Å². The normalized spacial score (nSPS) is 11.1. The Kier molecular flexibility index (Phi) is 4.63. The van der Waals surface area contributed by atoms with Gasteiger partial charge in [0.15, 0.2) is 0 Å². The second kappa shape index (κ2) is 5.33. The Morgan fingerprint density at radius 2 is 2.27 bits per heavy atom. The number of nitrogens with one attached hydrogen (secondary N) is 1. The van der Waals surface area contributed by atoms with Gasteiger partial charge in [-0.15, -0.1) is 5.10 Å². The van der Waals surface area contributed by atoms with E-state index in [2.05, 4.69) is 10.4 Å². The molecule has 0 aliphatic rings. The zero-order valence-corrected chi connectivity index (χ0v) is 6.08. The highest BCUT2D eigenvalue weighted by atomic mass is 16.4. The minimum Gasteiger partial charge on any atom is -0.481 e. The molecule has 6 N–H and O–H groups in total. The summed E-state index contributed by atoms with van der Waals surface area (Å²) in [4.78, 5) is 10.00. The first-order chi connectivity index (χ1) is 5.16. The molecule has 6 heteroatoms. The van der Waals surface area contributed by atoms with E-state index in [-0.39, 0.29) is 12.4 Å². The van der Waals surface area contributed by atoms with E-state index in [1.807, 2.05) is 0 Å². The predicted molar refractivity (Wildman–Crippen MR) is 40.7 cm³/mol. The molecule has 0 aliphatic carbocycles. The third-order valence-electron chi connectivity index (χ3n) is 1.01. The summed E-state index contributed by atoms with van der Waals surface area (Å²) < 4.78 is 0. The van der Waals surface area contributed by atoms with E-state index in [9.17, 15) is 4.79 Å². The van der Waals surface area contributed by atoms with Gasteiger partial charge in [0.2, 0.25) is 5.96 Å². The number of hydrogen-bond acceptors (Lipinski definition) is 3. The van der Waals surface area contributed by atoms with E-state index in [1.54, 1.807) is 0 Å². The lowest BCUT2D eigenvalue weighted by Gasteiger charge is -2.01. The molecular weight excluding hydrogens is 148 g/mol. The first kappa shape index (κ1) is 9.54. The smallest absolute Gasteiger partial charge is 0.303 e. The number of rotatable bonds is 4. The molecule has 0 heterocycles. The molecule has 0 spiro atoms. The quantitative estimate of drug-likeness (QED) is 0.133. The van der Waals surface area contributed by atoms with Crippen molar-refractivity contribution < 1.29 is 9.90 Å². The summed E-state index contributed by atoms with van der Waals surface area (Å²) in [6.07, 6.45) is 0.621. The summed E-state index contributed by atoms with van der Waals surface area (Å²) in [5.41, 5.74) is 5.16. The summed E-state index contributed by atoms with van der Waals surface area (Å²) in [5.74, 6) is 4.09. The van der Waals surface area contributed by atoms with Gasteiger partial charge in [0.05, 0.1) is 0 Å². The van der Waals surface area contributed by atoms with Crippen LogP contribution in [-0.4, -0.2) is 23.6 Å². The van der Waals surface area contributed by atoms with Crippen molar-refractivity contribution in [3.05, 3.63) is 0 Å². The average Bonchev–Trinajstić information content (AvgIpc) is 1.97. The monoisotopic (exact) mass is 160 g/mol. The predicted octanol–water partition coefficient (Wildman–Crippen LogP) is -1.37. The van der Waals surface area contributed by atoms with Crippen LogP contribution in [0.3, 0.4) is 0 Å². The largest absolute Gasteiger partial charge is 0.481 e. The molecule has 6 nitrogen and oxygen atoms in total. The number of carboxylic acids is 1. The van der Waals surface area contributed by atoms with Crippen LogP contribution in [0.5, 0.6) is 0 Å². The van der Waals surface area contributed by atoms with E-state index >= 15 is 0 Å². The minimum atomic E-state index is -0.824. The average molecular weight is 160 g/mol. The van der Waals surface area contributed by atoms with E-state index in [1.165, 1.54) is 0 Å². The van der Waals surface area contributed by atoms with Gasteiger partial charge in [0, 0.05) is 13.0 Å². The number of nitrogens with two attached hydrogens (primary N) is 2. The van der Waals surface area contributed by atoms with Crippen LogP contribution in [0.1, 0.15) is 12.8 Å². The first-order valence-electron chi connectivity index (χ1n) is 3.16. The molecule has 0 aromatic carbocycles. The number of guanidine groups is 1. The number of hydrazone groups is 1. The molecule has 0 aliphatic heterocycles. The highest BCUT2D eigenvalue weighted by molar-refractivity contribution is 5.77. The summed E-state index contributed by atoms with van der Waals surface area (Å²) in [6.45, 7) is 0.471. The number of aliphatic carboxylic acids is 1. The van der Waals surface area contributed by atoms with Crippen LogP contribution in [0.2, 0.25) is 0 Å². The molecule has 0 saturated carbocycles. The molecule has 0 unspecified atom stereocenters. The van der Waals surface area contributed by atoms with Crippen molar-refractivity contribution in [2.24, 2.45) is 16.7 Å². The highest BCUT2D eigenvalue weighted by Crippen LogP contribution is 1.84. The lowest BCUT2D eigenvalue weighted by molar-refractivity contribution is -0.137. The molecule has 0 aromatic rings. The van der Waals surface area contributed by atoms with Crippen molar-refractivity contribution in [3.8, 4) is 0 Å². The van der Waals surface area contributed by atoms with Crippen LogP contribution in [0, 0.1) is 0 Å². The third kappa shape index (κ3) is 6.42. The molecule has 0 radical (unpaired) electrons. The van der Waals surface area contributed by atoms with Crippen molar-refractivity contribution in [2.45, 2.75) is 12.8 Å². The van der Waals surface area contributed by atoms with Gasteiger partial charge in [-0.3, -0.25) is 4.79 Å². The maximum absolute atomic E-state index is 10.00. The number of hydrogen-bond donors (Lipinski definition) is 4. The van der Waals surface area contributed by atoms with Gasteiger partial charge in [-0.25, -0.2) is 0 Å². The Labute approximate surface area is 64.2 Å². The van der Waals surface area contributed by atoms with E-state index < -0.39 is 5.97 Å². The summed E-state index contributed by atoms with van der Waals surface area (Å²) in [6, 6.07) is 0. The van der Waals surface area contributed by atoms with Crippen molar-refractivity contribution in [3.63, 3.8) is 0 Å². The van der Waals surface area contributed by atoms with Crippen molar-refractivity contribution >= 4 is 11.9 Å². The van der Waals surface area contributed by atoms with Crippen molar-refractivity contribution in [1.29, 1.82) is 0 Å². The second-order valence-electron chi connectivity index (χ2n) is 1.94. The SMILES string of the molecule is N/N=C(\N)NCCCC(=O)O. The van der Waals surface area contributed by atoms with Gasteiger partial charge in [-0.05, 0) is 6.42 Å². The van der Waals surface area contributed by atoms with Crippen LogP contribution in [0.25, 0.3) is 0 Å². The fraction of sp³-hybridized carbons (Fsp3) is 0.600. The first-order valence-corrected chi connectivity index (χ1v) is 3.16. The molecule has 0 rings (SSSR count). The van der Waals surface area contributed by atoms with Gasteiger partial charge < -0.3 is 22.0 Å². The Morgan fingerprint density at radius 1 is 1.64 bits per heavy atom. The van der Waals surface area contributed by atoms with E-state index in [0.717, 1.165) is 0 Å². The standard InChI is InChI=1S/C5H12N4O2/c6-5(9-7)8-3-1-2-4(10)11/h1-3,7H2,(H,10,11)(H3,6,8,9). The summed E-state index contributed by atoms with van der Waals surface area (Å²) >= 11 is 0. The van der Waals surface area contributed by atoms with Gasteiger partial charge in [-0.2, -0.15) is 0 Å². The molecular formula is C5H12N4O2. The molecule has 0 bridgehead atoms. The Hall–Kier alpha value is -1.46. The van der Waals surface area contributed by atoms with Crippen molar-refractivity contribution in [2.75, 3.05) is 6.54 Å². The molecule has 0 aromatic heterocycles. The van der Waals surface area contributed by atoms with Crippen molar-refractivity contribution in [1.82, 2.24) is 5.32 Å². The van der Waals surface area contributed by atoms with Gasteiger partial charge >= 0.3 is 5.97 Å². The fourth-order valence-corrected chi connectivity index (χ4v) is 0.502. The number of carboxylic acid groups (broad SMARTS) is 1. The zero-order chi connectivity index (χ0) is 8.69. The summed E-state index contributed by atoms with van der Waals surface area (Å²) in [7, 11) is 0. The van der Waals surface area contributed by atoms with Crippen LogP contribution in [0.4, 0.5) is 0 Å². The number of nitrogens with zero attached hydrogens (tertiary/aromatic N) is 1. The van der Waals surface area contributed by atoms with Gasteiger partial charge in [0.25, 0.3) is 0 Å². The van der Waals surface area contributed by atoms with Crippen LogP contribution < -0.4 is 16.9 Å². The molecule has 11 heavy (non-hydrogen) atoms. The Bertz CT molecular complexity index is 157. The van der Waals surface area contributed by atoms with Gasteiger partial charge in [0.1, 0.15) is 0 Å².